The fourth-order valence-electron chi connectivity index (χ4n) is 3.47. The van der Waals surface area contributed by atoms with Gasteiger partial charge in [-0.05, 0) is 36.8 Å². The molecule has 0 saturated carbocycles. The van der Waals surface area contributed by atoms with Crippen LogP contribution in [0, 0.1) is 0 Å². The molecule has 2 heterocycles. The molecule has 0 radical (unpaired) electrons. The second-order valence-corrected chi connectivity index (χ2v) is 6.90. The molecule has 29 heavy (non-hydrogen) atoms. The molecule has 6 nitrogen and oxygen atoms in total. The largest absolute Gasteiger partial charge is 0.497 e. The van der Waals surface area contributed by atoms with Crippen LogP contribution in [0.4, 0.5) is 5.82 Å². The van der Waals surface area contributed by atoms with Crippen LogP contribution in [0.3, 0.4) is 0 Å². The van der Waals surface area contributed by atoms with Gasteiger partial charge < -0.3 is 19.4 Å². The van der Waals surface area contributed by atoms with Gasteiger partial charge in [0.25, 0.3) is 0 Å². The van der Waals surface area contributed by atoms with E-state index >= 15 is 0 Å². The van der Waals surface area contributed by atoms with Gasteiger partial charge in [-0.3, -0.25) is 0 Å². The highest BCUT2D eigenvalue weighted by molar-refractivity contribution is 6.02. The fraction of sp³-hybridized carbons (Fsp3) is 0.217. The Balaban J connectivity index is 1.91. The van der Waals surface area contributed by atoms with Crippen LogP contribution >= 0.6 is 0 Å². The van der Waals surface area contributed by atoms with Crippen LogP contribution in [-0.2, 0) is 4.74 Å². The lowest BCUT2D eigenvalue weighted by molar-refractivity contribution is 0.190. The van der Waals surface area contributed by atoms with Crippen LogP contribution in [0.15, 0.2) is 67.1 Å². The van der Waals surface area contributed by atoms with Crippen LogP contribution in [0.2, 0.25) is 0 Å². The third-order valence-electron chi connectivity index (χ3n) is 4.82. The smallest absolute Gasteiger partial charge is 0.150 e. The zero-order valence-corrected chi connectivity index (χ0v) is 16.8. The van der Waals surface area contributed by atoms with Crippen molar-refractivity contribution >= 4 is 16.9 Å². The minimum atomic E-state index is 0.117. The number of benzene rings is 2. The van der Waals surface area contributed by atoms with E-state index in [0.29, 0.717) is 6.61 Å². The number of nitrogens with zero attached hydrogens (tertiary/aromatic N) is 3. The summed E-state index contributed by atoms with van der Waals surface area (Å²) >= 11 is 0. The van der Waals surface area contributed by atoms with E-state index in [9.17, 15) is 0 Å². The normalized spacial score (nSPS) is 12.1. The number of fused-ring (bicyclic) bond motifs is 1. The molecule has 2 aromatic carbocycles. The summed E-state index contributed by atoms with van der Waals surface area (Å²) < 4.78 is 12.7. The standard InChI is InChI=1S/C23H24N4O2/c1-16(14-28-2)26-22-21-20(17-7-5-4-6-8-17)13-27(23(21)25-15-24-22)18-9-11-19(29-3)12-10-18/h4-13,15-16H,14H2,1-3H3,(H,24,25,26). The molecule has 148 valence electrons. The molecule has 0 saturated heterocycles. The minimum absolute atomic E-state index is 0.117. The minimum Gasteiger partial charge on any atom is -0.497 e. The Morgan fingerprint density at radius 2 is 1.76 bits per heavy atom. The molecular weight excluding hydrogens is 364 g/mol. The van der Waals surface area contributed by atoms with Gasteiger partial charge in [0.15, 0.2) is 5.65 Å². The monoisotopic (exact) mass is 388 g/mol. The number of anilines is 1. The Morgan fingerprint density at radius 3 is 2.45 bits per heavy atom. The molecule has 0 aliphatic heterocycles. The zero-order chi connectivity index (χ0) is 20.2. The molecule has 0 amide bonds. The maximum Gasteiger partial charge on any atom is 0.150 e. The van der Waals surface area contributed by atoms with Gasteiger partial charge in [0.2, 0.25) is 0 Å². The molecule has 0 fully saturated rings. The first kappa shape index (κ1) is 19.0. The molecule has 4 rings (SSSR count). The highest BCUT2D eigenvalue weighted by Gasteiger charge is 2.18. The third kappa shape index (κ3) is 3.79. The molecular formula is C23H24N4O2. The Morgan fingerprint density at radius 1 is 1.00 bits per heavy atom. The summed E-state index contributed by atoms with van der Waals surface area (Å²) in [6.45, 7) is 2.66. The van der Waals surface area contributed by atoms with E-state index in [1.54, 1.807) is 20.5 Å². The van der Waals surface area contributed by atoms with Gasteiger partial charge in [0.1, 0.15) is 17.9 Å². The molecule has 1 N–H and O–H groups in total. The second kappa shape index (κ2) is 8.32. The molecule has 1 atom stereocenters. The molecule has 0 spiro atoms. The lowest BCUT2D eigenvalue weighted by atomic mass is 10.1. The lowest BCUT2D eigenvalue weighted by Crippen LogP contribution is -2.21. The van der Waals surface area contributed by atoms with Crippen molar-refractivity contribution < 1.29 is 9.47 Å². The summed E-state index contributed by atoms with van der Waals surface area (Å²) in [6.07, 6.45) is 3.71. The molecule has 1 unspecified atom stereocenters. The number of nitrogens with one attached hydrogen (secondary N) is 1. The van der Waals surface area contributed by atoms with Gasteiger partial charge in [-0.15, -0.1) is 0 Å². The van der Waals surface area contributed by atoms with Crippen LogP contribution in [0.5, 0.6) is 5.75 Å². The Bertz CT molecular complexity index is 1090. The van der Waals surface area contributed by atoms with Gasteiger partial charge in [-0.25, -0.2) is 9.97 Å². The average molecular weight is 388 g/mol. The highest BCUT2D eigenvalue weighted by atomic mass is 16.5. The maximum absolute atomic E-state index is 5.30. The van der Waals surface area contributed by atoms with E-state index < -0.39 is 0 Å². The van der Waals surface area contributed by atoms with Crippen molar-refractivity contribution in [1.82, 2.24) is 14.5 Å². The first-order valence-electron chi connectivity index (χ1n) is 9.52. The van der Waals surface area contributed by atoms with E-state index in [1.807, 2.05) is 42.5 Å². The van der Waals surface area contributed by atoms with Crippen molar-refractivity contribution in [1.29, 1.82) is 0 Å². The predicted molar refractivity (Wildman–Crippen MR) is 116 cm³/mol. The first-order valence-corrected chi connectivity index (χ1v) is 9.52. The topological polar surface area (TPSA) is 61.2 Å². The summed E-state index contributed by atoms with van der Waals surface area (Å²) in [6, 6.07) is 18.4. The average Bonchev–Trinajstić information content (AvgIpc) is 3.15. The predicted octanol–water partition coefficient (Wildman–Crippen LogP) is 4.54. The molecule has 2 aromatic heterocycles. The fourth-order valence-corrected chi connectivity index (χ4v) is 3.47. The Kier molecular flexibility index (Phi) is 5.44. The number of methoxy groups -OCH3 is 2. The van der Waals surface area contributed by atoms with Crippen molar-refractivity contribution in [2.24, 2.45) is 0 Å². The van der Waals surface area contributed by atoms with Crippen LogP contribution in [0.1, 0.15) is 6.92 Å². The Hall–Kier alpha value is -3.38. The Labute approximate surface area is 170 Å². The van der Waals surface area contributed by atoms with Gasteiger partial charge in [0, 0.05) is 30.6 Å². The summed E-state index contributed by atoms with van der Waals surface area (Å²) in [4.78, 5) is 9.15. The van der Waals surface area contributed by atoms with E-state index in [0.717, 1.165) is 39.4 Å². The van der Waals surface area contributed by atoms with Crippen molar-refractivity contribution in [2.45, 2.75) is 13.0 Å². The first-order chi connectivity index (χ1) is 14.2. The number of hydrogen-bond donors (Lipinski definition) is 1. The number of rotatable bonds is 7. The molecule has 0 aliphatic carbocycles. The number of aromatic nitrogens is 3. The zero-order valence-electron chi connectivity index (χ0n) is 16.8. The second-order valence-electron chi connectivity index (χ2n) is 6.90. The van der Waals surface area contributed by atoms with E-state index in [2.05, 4.69) is 45.1 Å². The van der Waals surface area contributed by atoms with Gasteiger partial charge >= 0.3 is 0 Å². The molecule has 0 bridgehead atoms. The highest BCUT2D eigenvalue weighted by Crippen LogP contribution is 2.35. The van der Waals surface area contributed by atoms with Gasteiger partial charge in [-0.2, -0.15) is 0 Å². The SMILES string of the molecule is COCC(C)Nc1ncnc2c1c(-c1ccccc1)cn2-c1ccc(OC)cc1. The quantitative estimate of drug-likeness (QED) is 0.503. The summed E-state index contributed by atoms with van der Waals surface area (Å²) in [5.41, 5.74) is 4.04. The van der Waals surface area contributed by atoms with Crippen molar-refractivity contribution in [3.8, 4) is 22.6 Å². The summed E-state index contributed by atoms with van der Waals surface area (Å²) in [5.74, 6) is 1.62. The molecule has 0 aliphatic rings. The lowest BCUT2D eigenvalue weighted by Gasteiger charge is -2.14. The van der Waals surface area contributed by atoms with Crippen LogP contribution in [0.25, 0.3) is 27.8 Å². The maximum atomic E-state index is 5.30. The third-order valence-corrected chi connectivity index (χ3v) is 4.82. The van der Waals surface area contributed by atoms with Crippen molar-refractivity contribution in [2.75, 3.05) is 26.1 Å². The van der Waals surface area contributed by atoms with Gasteiger partial charge in [0.05, 0.1) is 19.1 Å². The molecule has 6 heteroatoms. The van der Waals surface area contributed by atoms with Gasteiger partial charge in [-0.1, -0.05) is 30.3 Å². The summed E-state index contributed by atoms with van der Waals surface area (Å²) in [7, 11) is 3.36. The van der Waals surface area contributed by atoms with Crippen LogP contribution < -0.4 is 10.1 Å². The van der Waals surface area contributed by atoms with E-state index in [1.165, 1.54) is 0 Å². The van der Waals surface area contributed by atoms with Crippen molar-refractivity contribution in [3.63, 3.8) is 0 Å². The van der Waals surface area contributed by atoms with Crippen molar-refractivity contribution in [3.05, 3.63) is 67.1 Å². The van der Waals surface area contributed by atoms with E-state index in [4.69, 9.17) is 9.47 Å². The number of hydrogen-bond acceptors (Lipinski definition) is 5. The summed E-state index contributed by atoms with van der Waals surface area (Å²) in [5, 5.41) is 4.45. The van der Waals surface area contributed by atoms with Crippen LogP contribution in [-0.4, -0.2) is 41.4 Å². The number of ether oxygens (including phenoxy) is 2. The molecule has 4 aromatic rings. The van der Waals surface area contributed by atoms with E-state index in [-0.39, 0.29) is 6.04 Å².